The number of rotatable bonds is 4. The molecule has 0 saturated carbocycles. The summed E-state index contributed by atoms with van der Waals surface area (Å²) < 4.78 is 69.3. The fraction of sp³-hybridized carbons (Fsp3) is 0.600. The molecule has 0 radical (unpaired) electrons. The SMILES string of the molecule is CC(C)NC(=O)[C@H]1CN(Cc2cncc(Cl)c2)[C@@H]2CCO[C@H]12.O=C(O)C(F)(F)F.O=C(O)C(F)(F)F. The van der Waals surface area contributed by atoms with Crippen LogP contribution in [-0.4, -0.2) is 81.6 Å². The molecule has 2 aliphatic rings. The lowest BCUT2D eigenvalue weighted by Crippen LogP contribution is -2.41. The number of carboxylic acids is 2. The molecule has 2 fully saturated rings. The maximum atomic E-state index is 12.4. The van der Waals surface area contributed by atoms with Gasteiger partial charge in [-0.15, -0.1) is 0 Å². The maximum absolute atomic E-state index is 12.4. The third-order valence-corrected chi connectivity index (χ3v) is 5.01. The second kappa shape index (κ2) is 13.1. The minimum absolute atomic E-state index is 0.00546. The summed E-state index contributed by atoms with van der Waals surface area (Å²) in [5.41, 5.74) is 1.07. The average Bonchev–Trinajstić information content (AvgIpc) is 3.31. The number of fused-ring (bicyclic) bond motifs is 1. The molecule has 0 spiro atoms. The van der Waals surface area contributed by atoms with Crippen LogP contribution in [0.3, 0.4) is 0 Å². The number of hydrogen-bond acceptors (Lipinski definition) is 6. The van der Waals surface area contributed by atoms with E-state index in [1.165, 1.54) is 0 Å². The van der Waals surface area contributed by atoms with Gasteiger partial charge < -0.3 is 20.3 Å². The number of carbonyl (C=O) groups excluding carboxylic acids is 1. The van der Waals surface area contributed by atoms with Gasteiger partial charge in [-0.3, -0.25) is 14.7 Å². The Hall–Kier alpha value is -2.65. The first-order valence-electron chi connectivity index (χ1n) is 10.3. The number of hydrogen-bond donors (Lipinski definition) is 3. The van der Waals surface area contributed by atoms with Gasteiger partial charge in [-0.25, -0.2) is 9.59 Å². The zero-order chi connectivity index (χ0) is 27.8. The van der Waals surface area contributed by atoms with Crippen LogP contribution in [0.2, 0.25) is 5.02 Å². The highest BCUT2D eigenvalue weighted by atomic mass is 35.5. The zero-order valence-corrected chi connectivity index (χ0v) is 19.7. The van der Waals surface area contributed by atoms with E-state index in [0.717, 1.165) is 31.7 Å². The highest BCUT2D eigenvalue weighted by Gasteiger charge is 2.48. The minimum Gasteiger partial charge on any atom is -0.475 e. The number of amides is 1. The van der Waals surface area contributed by atoms with Crippen LogP contribution in [-0.2, 0) is 25.7 Å². The molecule has 3 heterocycles. The van der Waals surface area contributed by atoms with Crippen molar-refractivity contribution in [3.8, 4) is 0 Å². The van der Waals surface area contributed by atoms with Gasteiger partial charge in [-0.05, 0) is 31.9 Å². The molecule has 0 bridgehead atoms. The third kappa shape index (κ3) is 10.1. The summed E-state index contributed by atoms with van der Waals surface area (Å²) >= 11 is 6.01. The fourth-order valence-electron chi connectivity index (χ4n) is 3.45. The highest BCUT2D eigenvalue weighted by molar-refractivity contribution is 6.30. The quantitative estimate of drug-likeness (QED) is 0.487. The summed E-state index contributed by atoms with van der Waals surface area (Å²) in [5, 5.41) is 17.9. The topological polar surface area (TPSA) is 129 Å². The molecule has 16 heteroatoms. The summed E-state index contributed by atoms with van der Waals surface area (Å²) in [4.78, 5) is 36.7. The molecule has 3 N–H and O–H groups in total. The minimum atomic E-state index is -5.08. The monoisotopic (exact) mass is 551 g/mol. The predicted octanol–water partition coefficient (Wildman–Crippen LogP) is 3.12. The Bertz CT molecular complexity index is 891. The van der Waals surface area contributed by atoms with E-state index in [4.69, 9.17) is 36.1 Å². The Balaban J connectivity index is 0.000000383. The molecular formula is C20H24ClF6N3O6. The second-order valence-corrected chi connectivity index (χ2v) is 8.44. The summed E-state index contributed by atoms with van der Waals surface area (Å²) in [7, 11) is 0. The molecule has 1 amide bonds. The first-order valence-corrected chi connectivity index (χ1v) is 10.7. The van der Waals surface area contributed by atoms with Gasteiger partial charge in [0.05, 0.1) is 17.0 Å². The van der Waals surface area contributed by atoms with Crippen LogP contribution in [0.4, 0.5) is 26.3 Å². The lowest BCUT2D eigenvalue weighted by atomic mass is 10.0. The number of carbonyl (C=O) groups is 3. The fourth-order valence-corrected chi connectivity index (χ4v) is 3.65. The predicted molar refractivity (Wildman–Crippen MR) is 112 cm³/mol. The van der Waals surface area contributed by atoms with Gasteiger partial charge in [-0.1, -0.05) is 11.6 Å². The van der Waals surface area contributed by atoms with Crippen LogP contribution in [0.25, 0.3) is 0 Å². The molecule has 1 aromatic heterocycles. The molecule has 3 atom stereocenters. The van der Waals surface area contributed by atoms with Gasteiger partial charge in [0.1, 0.15) is 0 Å². The van der Waals surface area contributed by atoms with E-state index in [9.17, 15) is 31.1 Å². The molecule has 3 rings (SSSR count). The lowest BCUT2D eigenvalue weighted by Gasteiger charge is -2.22. The molecule has 0 aliphatic carbocycles. The first-order chi connectivity index (χ1) is 16.4. The van der Waals surface area contributed by atoms with Crippen LogP contribution in [0.5, 0.6) is 0 Å². The first kappa shape index (κ1) is 31.4. The van der Waals surface area contributed by atoms with Crippen molar-refractivity contribution in [1.82, 2.24) is 15.2 Å². The molecule has 0 aromatic carbocycles. The number of aliphatic carboxylic acids is 2. The Labute approximate surface area is 206 Å². The molecule has 204 valence electrons. The largest absolute Gasteiger partial charge is 0.490 e. The van der Waals surface area contributed by atoms with Gasteiger partial charge in [0.25, 0.3) is 0 Å². The van der Waals surface area contributed by atoms with Crippen LogP contribution >= 0.6 is 11.6 Å². The Morgan fingerprint density at radius 2 is 1.67 bits per heavy atom. The van der Waals surface area contributed by atoms with E-state index in [1.807, 2.05) is 26.1 Å². The standard InChI is InChI=1S/C16H22ClN3O2.2C2HF3O2/c1-10(2)19-16(21)13-9-20(14-3-4-22-15(13)14)8-11-5-12(17)7-18-6-11;2*3-2(4,5)1(6)7/h5-7,10,13-15H,3-4,8-9H2,1-2H3,(H,19,21);2*(H,6,7)/t13-,14+,15+;;/m0../s1. The molecule has 1 aromatic rings. The van der Waals surface area contributed by atoms with Crippen LogP contribution in [0.1, 0.15) is 25.8 Å². The van der Waals surface area contributed by atoms with Crippen molar-refractivity contribution in [1.29, 1.82) is 0 Å². The van der Waals surface area contributed by atoms with Crippen molar-refractivity contribution in [2.45, 2.75) is 57.4 Å². The number of carboxylic acid groups (broad SMARTS) is 2. The molecule has 36 heavy (non-hydrogen) atoms. The number of alkyl halides is 6. The normalized spacial score (nSPS) is 21.6. The number of nitrogens with zero attached hydrogens (tertiary/aromatic N) is 2. The molecular weight excluding hydrogens is 528 g/mol. The Morgan fingerprint density at radius 3 is 2.11 bits per heavy atom. The zero-order valence-electron chi connectivity index (χ0n) is 18.9. The third-order valence-electron chi connectivity index (χ3n) is 4.80. The van der Waals surface area contributed by atoms with Crippen molar-refractivity contribution in [2.75, 3.05) is 13.2 Å². The Kier molecular flexibility index (Phi) is 11.4. The van der Waals surface area contributed by atoms with E-state index < -0.39 is 24.3 Å². The van der Waals surface area contributed by atoms with Crippen LogP contribution in [0.15, 0.2) is 18.5 Å². The number of nitrogens with one attached hydrogen (secondary N) is 1. The molecule has 9 nitrogen and oxygen atoms in total. The van der Waals surface area contributed by atoms with E-state index >= 15 is 0 Å². The van der Waals surface area contributed by atoms with E-state index in [2.05, 4.69) is 15.2 Å². The van der Waals surface area contributed by atoms with Crippen LogP contribution < -0.4 is 5.32 Å². The molecule has 0 unspecified atom stereocenters. The number of likely N-dealkylation sites (tertiary alicyclic amines) is 1. The Morgan fingerprint density at radius 1 is 1.14 bits per heavy atom. The van der Waals surface area contributed by atoms with Gasteiger partial charge >= 0.3 is 24.3 Å². The summed E-state index contributed by atoms with van der Waals surface area (Å²) in [6.45, 7) is 6.17. The summed E-state index contributed by atoms with van der Waals surface area (Å²) in [6, 6.07) is 2.39. The van der Waals surface area contributed by atoms with Crippen molar-refractivity contribution in [2.24, 2.45) is 5.92 Å². The summed E-state index contributed by atoms with van der Waals surface area (Å²) in [5.74, 6) is -5.51. The van der Waals surface area contributed by atoms with Crippen molar-refractivity contribution >= 4 is 29.4 Å². The second-order valence-electron chi connectivity index (χ2n) is 8.01. The van der Waals surface area contributed by atoms with Crippen molar-refractivity contribution in [3.05, 3.63) is 29.0 Å². The van der Waals surface area contributed by atoms with E-state index in [1.54, 1.807) is 6.20 Å². The average molecular weight is 552 g/mol. The van der Waals surface area contributed by atoms with Crippen molar-refractivity contribution < 1.29 is 55.7 Å². The highest BCUT2D eigenvalue weighted by Crippen LogP contribution is 2.34. The van der Waals surface area contributed by atoms with Gasteiger partial charge in [0.2, 0.25) is 5.91 Å². The van der Waals surface area contributed by atoms with Crippen molar-refractivity contribution in [3.63, 3.8) is 0 Å². The van der Waals surface area contributed by atoms with Gasteiger partial charge in [0.15, 0.2) is 0 Å². The van der Waals surface area contributed by atoms with Gasteiger partial charge in [0, 0.05) is 44.2 Å². The number of ether oxygens (including phenoxy) is 1. The molecule has 2 aliphatic heterocycles. The van der Waals surface area contributed by atoms with E-state index in [-0.39, 0.29) is 24.0 Å². The van der Waals surface area contributed by atoms with Gasteiger partial charge in [-0.2, -0.15) is 26.3 Å². The number of aromatic nitrogens is 1. The maximum Gasteiger partial charge on any atom is 0.490 e. The molecule has 2 saturated heterocycles. The lowest BCUT2D eigenvalue weighted by molar-refractivity contribution is -0.193. The van der Waals surface area contributed by atoms with Crippen LogP contribution in [0, 0.1) is 5.92 Å². The number of pyridine rings is 1. The summed E-state index contributed by atoms with van der Waals surface area (Å²) in [6.07, 6.45) is -5.72. The van der Waals surface area contributed by atoms with E-state index in [0.29, 0.717) is 11.1 Å². The number of halogens is 7. The smallest absolute Gasteiger partial charge is 0.475 e.